The van der Waals surface area contributed by atoms with Gasteiger partial charge in [-0.15, -0.1) is 0 Å². The summed E-state index contributed by atoms with van der Waals surface area (Å²) in [5, 5.41) is 2.71. The number of fused-ring (bicyclic) bond motifs is 1. The smallest absolute Gasteiger partial charge is 0.316 e. The molecule has 0 fully saturated rings. The number of carbonyl (C=O) groups excluding carboxylic acids is 1. The van der Waals surface area contributed by atoms with Gasteiger partial charge in [0.05, 0.1) is 0 Å². The summed E-state index contributed by atoms with van der Waals surface area (Å²) in [5.41, 5.74) is 2.74. The first kappa shape index (κ1) is 13.1. The summed E-state index contributed by atoms with van der Waals surface area (Å²) in [5.74, 6) is -0.364. The average Bonchev–Trinajstić information content (AvgIpc) is 2.81. The Kier molecular flexibility index (Phi) is 3.44. The number of hydrogen-bond donors (Lipinski definition) is 1. The molecule has 1 heterocycles. The van der Waals surface area contributed by atoms with Gasteiger partial charge in [0, 0.05) is 23.2 Å². The number of nitrogens with one attached hydrogen (secondary N) is 1. The summed E-state index contributed by atoms with van der Waals surface area (Å²) < 4.78 is 14.1. The molecule has 0 saturated carbocycles. The summed E-state index contributed by atoms with van der Waals surface area (Å²) in [6, 6.07) is 11.7. The van der Waals surface area contributed by atoms with E-state index in [2.05, 4.69) is 21.2 Å². The molecule has 3 nitrogen and oxygen atoms in total. The van der Waals surface area contributed by atoms with E-state index >= 15 is 0 Å². The van der Waals surface area contributed by atoms with Crippen molar-refractivity contribution in [2.45, 2.75) is 13.1 Å². The van der Waals surface area contributed by atoms with Crippen molar-refractivity contribution < 1.29 is 9.18 Å². The molecule has 102 valence electrons. The molecule has 0 unspecified atom stereocenters. The van der Waals surface area contributed by atoms with Crippen LogP contribution in [0.15, 0.2) is 46.9 Å². The second-order valence-corrected chi connectivity index (χ2v) is 5.63. The largest absolute Gasteiger partial charge is 0.322 e. The molecule has 0 saturated heterocycles. The van der Waals surface area contributed by atoms with Crippen molar-refractivity contribution in [3.63, 3.8) is 0 Å². The fourth-order valence-electron chi connectivity index (χ4n) is 2.28. The molecule has 1 aliphatic rings. The van der Waals surface area contributed by atoms with Gasteiger partial charge >= 0.3 is 6.03 Å². The predicted octanol–water partition coefficient (Wildman–Crippen LogP) is 4.14. The van der Waals surface area contributed by atoms with Gasteiger partial charge in [0.25, 0.3) is 0 Å². The second kappa shape index (κ2) is 5.25. The van der Waals surface area contributed by atoms with E-state index in [1.54, 1.807) is 17.0 Å². The zero-order valence-corrected chi connectivity index (χ0v) is 12.2. The molecule has 0 bridgehead atoms. The summed E-state index contributed by atoms with van der Waals surface area (Å²) in [6.07, 6.45) is 0. The van der Waals surface area contributed by atoms with Gasteiger partial charge in [0.1, 0.15) is 5.82 Å². The van der Waals surface area contributed by atoms with Gasteiger partial charge in [-0.1, -0.05) is 28.1 Å². The first-order chi connectivity index (χ1) is 9.61. The van der Waals surface area contributed by atoms with Crippen LogP contribution in [0.1, 0.15) is 11.1 Å². The average molecular weight is 335 g/mol. The molecule has 0 radical (unpaired) electrons. The van der Waals surface area contributed by atoms with E-state index in [1.807, 2.05) is 18.2 Å². The lowest BCUT2D eigenvalue weighted by atomic mass is 10.1. The molecular formula is C15H12BrFN2O. The maximum absolute atomic E-state index is 13.1. The lowest BCUT2D eigenvalue weighted by Crippen LogP contribution is -2.30. The highest BCUT2D eigenvalue weighted by Gasteiger charge is 2.23. The normalized spacial score (nSPS) is 13.2. The maximum Gasteiger partial charge on any atom is 0.322 e. The molecule has 0 aromatic heterocycles. The molecule has 0 atom stereocenters. The Bertz CT molecular complexity index is 675. The molecule has 20 heavy (non-hydrogen) atoms. The number of urea groups is 1. The van der Waals surface area contributed by atoms with Gasteiger partial charge in [0.15, 0.2) is 0 Å². The molecule has 5 heteroatoms. The molecule has 1 aliphatic heterocycles. The number of anilines is 1. The van der Waals surface area contributed by atoms with Crippen LogP contribution in [-0.2, 0) is 13.1 Å². The lowest BCUT2D eigenvalue weighted by Gasteiger charge is -2.16. The minimum absolute atomic E-state index is 0.220. The molecule has 1 N–H and O–H groups in total. The van der Waals surface area contributed by atoms with Crippen molar-refractivity contribution >= 4 is 27.6 Å². The highest BCUT2D eigenvalue weighted by Crippen LogP contribution is 2.26. The van der Waals surface area contributed by atoms with Gasteiger partial charge in [-0.25, -0.2) is 9.18 Å². The molecule has 2 aromatic carbocycles. The number of rotatable bonds is 1. The first-order valence-electron chi connectivity index (χ1n) is 6.20. The van der Waals surface area contributed by atoms with E-state index < -0.39 is 0 Å². The van der Waals surface area contributed by atoms with Crippen molar-refractivity contribution in [1.29, 1.82) is 0 Å². The van der Waals surface area contributed by atoms with E-state index in [0.29, 0.717) is 18.8 Å². The number of amides is 2. The standard InChI is InChI=1S/C15H12BrFN2O/c16-12-5-4-10-8-19(9-11(10)6-12)15(20)18-14-3-1-2-13(17)7-14/h1-7H,8-9H2,(H,18,20). The fraction of sp³-hybridized carbons (Fsp3) is 0.133. The Balaban J connectivity index is 1.71. The predicted molar refractivity (Wildman–Crippen MR) is 78.8 cm³/mol. The van der Waals surface area contributed by atoms with E-state index in [1.165, 1.54) is 12.1 Å². The zero-order chi connectivity index (χ0) is 14.1. The summed E-state index contributed by atoms with van der Waals surface area (Å²) >= 11 is 3.42. The van der Waals surface area contributed by atoms with E-state index in [-0.39, 0.29) is 11.8 Å². The van der Waals surface area contributed by atoms with Crippen LogP contribution in [0.25, 0.3) is 0 Å². The number of halogens is 2. The molecule has 2 amide bonds. The third kappa shape index (κ3) is 2.67. The molecule has 0 spiro atoms. The van der Waals surface area contributed by atoms with Crippen LogP contribution < -0.4 is 5.32 Å². The number of benzene rings is 2. The Morgan fingerprint density at radius 3 is 2.75 bits per heavy atom. The third-order valence-electron chi connectivity index (χ3n) is 3.25. The molecule has 3 rings (SSSR count). The molecular weight excluding hydrogens is 323 g/mol. The zero-order valence-electron chi connectivity index (χ0n) is 10.6. The van der Waals surface area contributed by atoms with Crippen LogP contribution >= 0.6 is 15.9 Å². The van der Waals surface area contributed by atoms with Crippen molar-refractivity contribution in [1.82, 2.24) is 4.90 Å². The van der Waals surface area contributed by atoms with E-state index in [0.717, 1.165) is 15.6 Å². The Morgan fingerprint density at radius 2 is 1.95 bits per heavy atom. The lowest BCUT2D eigenvalue weighted by molar-refractivity contribution is 0.212. The van der Waals surface area contributed by atoms with Crippen molar-refractivity contribution in [3.05, 3.63) is 63.9 Å². The van der Waals surface area contributed by atoms with Crippen molar-refractivity contribution in [2.24, 2.45) is 0 Å². The molecule has 2 aromatic rings. The summed E-state index contributed by atoms with van der Waals surface area (Å²) in [4.78, 5) is 13.9. The highest BCUT2D eigenvalue weighted by molar-refractivity contribution is 9.10. The second-order valence-electron chi connectivity index (χ2n) is 4.71. The topological polar surface area (TPSA) is 32.3 Å². The minimum atomic E-state index is -0.364. The van der Waals surface area contributed by atoms with Gasteiger partial charge in [-0.2, -0.15) is 0 Å². The van der Waals surface area contributed by atoms with Gasteiger partial charge < -0.3 is 10.2 Å². The van der Waals surface area contributed by atoms with Crippen LogP contribution in [0.4, 0.5) is 14.9 Å². The van der Waals surface area contributed by atoms with Gasteiger partial charge in [0.2, 0.25) is 0 Å². The first-order valence-corrected chi connectivity index (χ1v) is 7.00. The van der Waals surface area contributed by atoms with Crippen LogP contribution in [0.3, 0.4) is 0 Å². The number of nitrogens with zero attached hydrogens (tertiary/aromatic N) is 1. The van der Waals surface area contributed by atoms with Crippen LogP contribution in [0, 0.1) is 5.82 Å². The maximum atomic E-state index is 13.1. The van der Waals surface area contributed by atoms with Crippen molar-refractivity contribution in [3.8, 4) is 0 Å². The Morgan fingerprint density at radius 1 is 1.15 bits per heavy atom. The molecule has 0 aliphatic carbocycles. The highest BCUT2D eigenvalue weighted by atomic mass is 79.9. The summed E-state index contributed by atoms with van der Waals surface area (Å²) in [7, 11) is 0. The number of hydrogen-bond acceptors (Lipinski definition) is 1. The summed E-state index contributed by atoms with van der Waals surface area (Å²) in [6.45, 7) is 1.14. The quantitative estimate of drug-likeness (QED) is 0.835. The van der Waals surface area contributed by atoms with Crippen LogP contribution in [-0.4, -0.2) is 10.9 Å². The van der Waals surface area contributed by atoms with Gasteiger partial charge in [-0.05, 0) is 41.5 Å². The SMILES string of the molecule is O=C(Nc1cccc(F)c1)N1Cc2ccc(Br)cc2C1. The van der Waals surface area contributed by atoms with E-state index in [9.17, 15) is 9.18 Å². The van der Waals surface area contributed by atoms with Crippen LogP contribution in [0.5, 0.6) is 0 Å². The van der Waals surface area contributed by atoms with Crippen molar-refractivity contribution in [2.75, 3.05) is 5.32 Å². The minimum Gasteiger partial charge on any atom is -0.316 e. The van der Waals surface area contributed by atoms with E-state index in [4.69, 9.17) is 0 Å². The fourth-order valence-corrected chi connectivity index (χ4v) is 2.68. The third-order valence-corrected chi connectivity index (χ3v) is 3.75. The van der Waals surface area contributed by atoms with Gasteiger partial charge in [-0.3, -0.25) is 0 Å². The monoisotopic (exact) mass is 334 g/mol. The Labute approximate surface area is 124 Å². The van der Waals surface area contributed by atoms with Crippen LogP contribution in [0.2, 0.25) is 0 Å². The number of carbonyl (C=O) groups is 1. The Hall–Kier alpha value is -1.88.